The average Bonchev–Trinajstić information content (AvgIpc) is 2.69. The molecule has 0 saturated carbocycles. The van der Waals surface area contributed by atoms with Crippen LogP contribution in [0.3, 0.4) is 0 Å². The smallest absolute Gasteiger partial charge is 0.282 e. The van der Waals surface area contributed by atoms with E-state index in [1.54, 1.807) is 6.92 Å². The predicted octanol–water partition coefficient (Wildman–Crippen LogP) is 8.35. The Morgan fingerprint density at radius 2 is 1.07 bits per heavy atom. The second-order valence-electron chi connectivity index (χ2n) is 9.02. The molecular weight excluding hydrogens is 392 g/mol. The second kappa shape index (κ2) is 15.9. The molecule has 0 bridgehead atoms. The zero-order valence-corrected chi connectivity index (χ0v) is 20.7. The molecule has 0 aliphatic heterocycles. The van der Waals surface area contributed by atoms with Gasteiger partial charge in [0.2, 0.25) is 0 Å². The van der Waals surface area contributed by atoms with Crippen molar-refractivity contribution in [2.75, 3.05) is 0 Å². The zero-order chi connectivity index (χ0) is 22.2. The minimum absolute atomic E-state index is 0.128. The second-order valence-corrected chi connectivity index (χ2v) is 10.4. The first-order valence-electron chi connectivity index (χ1n) is 12.4. The van der Waals surface area contributed by atoms with Crippen molar-refractivity contribution in [3.05, 3.63) is 28.8 Å². The molecule has 0 heterocycles. The van der Waals surface area contributed by atoms with Gasteiger partial charge in [0.05, 0.1) is 0 Å². The third-order valence-electron chi connectivity index (χ3n) is 6.32. The van der Waals surface area contributed by atoms with E-state index >= 15 is 0 Å². The van der Waals surface area contributed by atoms with Crippen molar-refractivity contribution < 1.29 is 13.0 Å². The summed E-state index contributed by atoms with van der Waals surface area (Å²) in [6.45, 7) is 5.92. The Labute approximate surface area is 186 Å². The Morgan fingerprint density at radius 3 is 1.47 bits per heavy atom. The summed E-state index contributed by atoms with van der Waals surface area (Å²) < 4.78 is 33.1. The van der Waals surface area contributed by atoms with Crippen LogP contribution in [0.1, 0.15) is 126 Å². The molecule has 0 spiro atoms. The lowest BCUT2D eigenvalue weighted by molar-refractivity contribution is 0.480. The minimum Gasteiger partial charge on any atom is -0.282 e. The van der Waals surface area contributed by atoms with Gasteiger partial charge in [-0.3, -0.25) is 4.55 Å². The van der Waals surface area contributed by atoms with E-state index in [2.05, 4.69) is 6.92 Å². The monoisotopic (exact) mass is 438 g/mol. The molecule has 1 aromatic rings. The number of aryl methyl sites for hydroxylation is 2. The van der Waals surface area contributed by atoms with Crippen molar-refractivity contribution in [3.63, 3.8) is 0 Å². The normalized spacial score (nSPS) is 11.9. The van der Waals surface area contributed by atoms with Crippen LogP contribution in [0.4, 0.5) is 0 Å². The standard InChI is InChI=1S/C26H46O3S/c1-4-5-6-7-8-9-10-11-12-13-14-15-16-17-18-19-20-25-22-21-23(2)24(3)26(25)30(27,28)29/h21-22H,4-20H2,1-3H3,(H,27,28,29). The number of benzene rings is 1. The summed E-state index contributed by atoms with van der Waals surface area (Å²) >= 11 is 0. The maximum atomic E-state index is 11.8. The molecule has 4 heteroatoms. The minimum atomic E-state index is -4.16. The third kappa shape index (κ3) is 11.5. The van der Waals surface area contributed by atoms with E-state index in [0.29, 0.717) is 12.0 Å². The Morgan fingerprint density at radius 1 is 0.667 bits per heavy atom. The van der Waals surface area contributed by atoms with Gasteiger partial charge in [-0.25, -0.2) is 0 Å². The number of hydrogen-bond acceptors (Lipinski definition) is 2. The average molecular weight is 439 g/mol. The van der Waals surface area contributed by atoms with Gasteiger partial charge in [0.15, 0.2) is 0 Å². The summed E-state index contributed by atoms with van der Waals surface area (Å²) in [5, 5.41) is 0. The molecule has 0 aromatic heterocycles. The van der Waals surface area contributed by atoms with Crippen molar-refractivity contribution >= 4 is 10.1 Å². The van der Waals surface area contributed by atoms with Crippen LogP contribution in [0.5, 0.6) is 0 Å². The van der Waals surface area contributed by atoms with Crippen molar-refractivity contribution in [2.24, 2.45) is 0 Å². The van der Waals surface area contributed by atoms with Crippen LogP contribution < -0.4 is 0 Å². The molecule has 1 rings (SSSR count). The highest BCUT2D eigenvalue weighted by Gasteiger charge is 2.19. The summed E-state index contributed by atoms with van der Waals surface area (Å²) in [6.07, 6.45) is 22.0. The molecule has 0 atom stereocenters. The van der Waals surface area contributed by atoms with Gasteiger partial charge in [0.25, 0.3) is 10.1 Å². The summed E-state index contributed by atoms with van der Waals surface area (Å²) in [5.74, 6) is 0. The van der Waals surface area contributed by atoms with E-state index in [1.807, 2.05) is 19.1 Å². The molecule has 0 aliphatic rings. The highest BCUT2D eigenvalue weighted by molar-refractivity contribution is 7.86. The van der Waals surface area contributed by atoms with Gasteiger partial charge < -0.3 is 0 Å². The molecule has 3 nitrogen and oxygen atoms in total. The molecule has 1 aromatic carbocycles. The lowest BCUT2D eigenvalue weighted by Crippen LogP contribution is -2.07. The van der Waals surface area contributed by atoms with Crippen LogP contribution in [-0.4, -0.2) is 13.0 Å². The summed E-state index contributed by atoms with van der Waals surface area (Å²) in [6, 6.07) is 3.81. The van der Waals surface area contributed by atoms with Crippen LogP contribution in [0.25, 0.3) is 0 Å². The first-order chi connectivity index (χ1) is 14.4. The van der Waals surface area contributed by atoms with E-state index in [4.69, 9.17) is 0 Å². The molecule has 0 saturated heterocycles. The molecular formula is C26H46O3S. The molecule has 30 heavy (non-hydrogen) atoms. The van der Waals surface area contributed by atoms with Crippen LogP contribution in [0, 0.1) is 13.8 Å². The molecule has 0 fully saturated rings. The quantitative estimate of drug-likeness (QED) is 0.185. The van der Waals surface area contributed by atoms with Gasteiger partial charge >= 0.3 is 0 Å². The maximum Gasteiger partial charge on any atom is 0.295 e. The van der Waals surface area contributed by atoms with Gasteiger partial charge in [-0.1, -0.05) is 115 Å². The molecule has 0 unspecified atom stereocenters. The van der Waals surface area contributed by atoms with E-state index in [0.717, 1.165) is 24.0 Å². The fraction of sp³-hybridized carbons (Fsp3) is 0.769. The predicted molar refractivity (Wildman–Crippen MR) is 129 cm³/mol. The van der Waals surface area contributed by atoms with Crippen LogP contribution in [-0.2, 0) is 16.5 Å². The number of rotatable bonds is 18. The largest absolute Gasteiger partial charge is 0.295 e. The van der Waals surface area contributed by atoms with Gasteiger partial charge in [-0.05, 0) is 43.4 Å². The first kappa shape index (κ1) is 27.2. The summed E-state index contributed by atoms with van der Waals surface area (Å²) in [7, 11) is -4.16. The summed E-state index contributed by atoms with van der Waals surface area (Å²) in [4.78, 5) is 0.128. The topological polar surface area (TPSA) is 54.4 Å². The number of unbranched alkanes of at least 4 members (excludes halogenated alkanes) is 15. The zero-order valence-electron chi connectivity index (χ0n) is 19.8. The van der Waals surface area contributed by atoms with Gasteiger partial charge in [0.1, 0.15) is 4.90 Å². The first-order valence-corrected chi connectivity index (χ1v) is 13.9. The van der Waals surface area contributed by atoms with Crippen LogP contribution in [0.2, 0.25) is 0 Å². The van der Waals surface area contributed by atoms with Gasteiger partial charge in [-0.2, -0.15) is 8.42 Å². The Kier molecular flexibility index (Phi) is 14.4. The van der Waals surface area contributed by atoms with Crippen molar-refractivity contribution in [3.8, 4) is 0 Å². The molecule has 1 N–H and O–H groups in total. The van der Waals surface area contributed by atoms with Crippen LogP contribution in [0.15, 0.2) is 17.0 Å². The van der Waals surface area contributed by atoms with Gasteiger partial charge in [-0.15, -0.1) is 0 Å². The number of hydrogen-bond donors (Lipinski definition) is 1. The lowest BCUT2D eigenvalue weighted by atomic mass is 10.0. The van der Waals surface area contributed by atoms with Crippen molar-refractivity contribution in [2.45, 2.75) is 135 Å². The Balaban J connectivity index is 2.04. The van der Waals surface area contributed by atoms with Crippen LogP contribution >= 0.6 is 0 Å². The van der Waals surface area contributed by atoms with Crippen molar-refractivity contribution in [1.82, 2.24) is 0 Å². The Bertz CT molecular complexity index is 680. The van der Waals surface area contributed by atoms with E-state index in [1.165, 1.54) is 89.9 Å². The fourth-order valence-electron chi connectivity index (χ4n) is 4.27. The Hall–Kier alpha value is -0.870. The molecule has 0 amide bonds. The summed E-state index contributed by atoms with van der Waals surface area (Å²) in [5.41, 5.74) is 2.33. The fourth-order valence-corrected chi connectivity index (χ4v) is 5.32. The molecule has 174 valence electrons. The SMILES string of the molecule is CCCCCCCCCCCCCCCCCCc1ccc(C)c(C)c1S(=O)(=O)O. The van der Waals surface area contributed by atoms with Gasteiger partial charge in [0, 0.05) is 0 Å². The van der Waals surface area contributed by atoms with E-state index in [-0.39, 0.29) is 4.90 Å². The highest BCUT2D eigenvalue weighted by atomic mass is 32.2. The van der Waals surface area contributed by atoms with E-state index < -0.39 is 10.1 Å². The third-order valence-corrected chi connectivity index (χ3v) is 7.40. The van der Waals surface area contributed by atoms with E-state index in [9.17, 15) is 13.0 Å². The van der Waals surface area contributed by atoms with Crippen molar-refractivity contribution in [1.29, 1.82) is 0 Å². The highest BCUT2D eigenvalue weighted by Crippen LogP contribution is 2.25. The molecule has 0 radical (unpaired) electrons. The lowest BCUT2D eigenvalue weighted by Gasteiger charge is -2.12. The molecule has 0 aliphatic carbocycles. The maximum absolute atomic E-state index is 11.8.